The maximum Gasteiger partial charge on any atom is 0.251 e. The molecular formula is C19H25N3O3. The van der Waals surface area contributed by atoms with Gasteiger partial charge < -0.3 is 14.4 Å². The van der Waals surface area contributed by atoms with E-state index >= 15 is 0 Å². The molecule has 1 aliphatic rings. The van der Waals surface area contributed by atoms with Gasteiger partial charge >= 0.3 is 0 Å². The Bertz CT molecular complexity index is 687. The third-order valence-electron chi connectivity index (χ3n) is 4.68. The zero-order valence-corrected chi connectivity index (χ0v) is 14.8. The Morgan fingerprint density at radius 3 is 3.08 bits per heavy atom. The fraction of sp³-hybridized carbons (Fsp3) is 0.474. The molecule has 0 spiro atoms. The number of carbonyl (C=O) groups excluding carboxylic acids is 1. The second-order valence-electron chi connectivity index (χ2n) is 6.44. The van der Waals surface area contributed by atoms with Crippen molar-refractivity contribution in [3.63, 3.8) is 0 Å². The molecule has 0 bridgehead atoms. The molecule has 2 heterocycles. The van der Waals surface area contributed by atoms with E-state index in [1.807, 2.05) is 42.2 Å². The number of rotatable bonds is 6. The number of H-pyrrole nitrogens is 1. The summed E-state index contributed by atoms with van der Waals surface area (Å²) in [5.41, 5.74) is 2.09. The molecule has 0 aliphatic carbocycles. The van der Waals surface area contributed by atoms with E-state index in [0.29, 0.717) is 19.1 Å². The normalized spacial score (nSPS) is 18.8. The van der Waals surface area contributed by atoms with Gasteiger partial charge in [0.25, 0.3) is 5.91 Å². The molecule has 1 aromatic heterocycles. The second kappa shape index (κ2) is 8.16. The molecule has 134 valence electrons. The molecule has 1 aromatic carbocycles. The van der Waals surface area contributed by atoms with Crippen LogP contribution in [-0.4, -0.2) is 47.3 Å². The van der Waals surface area contributed by atoms with Crippen LogP contribution in [0.2, 0.25) is 0 Å². The molecule has 1 N–H and O–H groups in total. The minimum absolute atomic E-state index is 0.0483. The molecular weight excluding hydrogens is 318 g/mol. The Hall–Kier alpha value is -2.34. The standard InChI is InChI=1S/C19H25N3O3/c1-14(25-13-15-5-3-7-17(11-15)24-2)19(23)22-10-4-6-16(12-22)18-8-9-20-21-18/h3,5,7-9,11,14,16H,4,6,10,12-13H2,1-2H3,(H,20,21). The molecule has 1 aliphatic heterocycles. The fourth-order valence-electron chi connectivity index (χ4n) is 3.24. The van der Waals surface area contributed by atoms with Gasteiger partial charge in [0.05, 0.1) is 13.7 Å². The highest BCUT2D eigenvalue weighted by Gasteiger charge is 2.28. The molecule has 1 amide bonds. The molecule has 2 atom stereocenters. The summed E-state index contributed by atoms with van der Waals surface area (Å²) in [5, 5.41) is 7.04. The number of carbonyl (C=O) groups is 1. The summed E-state index contributed by atoms with van der Waals surface area (Å²) in [5.74, 6) is 1.16. The number of hydrogen-bond donors (Lipinski definition) is 1. The Morgan fingerprint density at radius 2 is 2.32 bits per heavy atom. The maximum atomic E-state index is 12.7. The van der Waals surface area contributed by atoms with Gasteiger partial charge in [-0.05, 0) is 43.5 Å². The van der Waals surface area contributed by atoms with Crippen LogP contribution in [0, 0.1) is 0 Å². The number of amides is 1. The van der Waals surface area contributed by atoms with Gasteiger partial charge in [-0.1, -0.05) is 12.1 Å². The summed E-state index contributed by atoms with van der Waals surface area (Å²) in [7, 11) is 1.64. The van der Waals surface area contributed by atoms with Crippen LogP contribution in [0.15, 0.2) is 36.5 Å². The second-order valence-corrected chi connectivity index (χ2v) is 6.44. The molecule has 6 heteroatoms. The maximum absolute atomic E-state index is 12.7. The van der Waals surface area contributed by atoms with Gasteiger partial charge in [-0.2, -0.15) is 5.10 Å². The molecule has 1 fully saturated rings. The van der Waals surface area contributed by atoms with E-state index in [1.54, 1.807) is 13.3 Å². The van der Waals surface area contributed by atoms with Gasteiger partial charge in [0, 0.05) is 30.9 Å². The van der Waals surface area contributed by atoms with Crippen LogP contribution in [0.4, 0.5) is 0 Å². The Kier molecular flexibility index (Phi) is 5.71. The molecule has 3 rings (SSSR count). The Balaban J connectivity index is 1.54. The topological polar surface area (TPSA) is 67.5 Å². The van der Waals surface area contributed by atoms with E-state index in [9.17, 15) is 4.79 Å². The minimum atomic E-state index is -0.466. The first-order valence-electron chi connectivity index (χ1n) is 8.70. The molecule has 2 aromatic rings. The Labute approximate surface area is 148 Å². The zero-order chi connectivity index (χ0) is 17.6. The van der Waals surface area contributed by atoms with E-state index in [0.717, 1.165) is 36.4 Å². The van der Waals surface area contributed by atoms with Crippen LogP contribution in [0.25, 0.3) is 0 Å². The predicted molar refractivity (Wildman–Crippen MR) is 94.4 cm³/mol. The van der Waals surface area contributed by atoms with E-state index in [-0.39, 0.29) is 5.91 Å². The number of aromatic nitrogens is 2. The van der Waals surface area contributed by atoms with E-state index in [2.05, 4.69) is 10.2 Å². The first kappa shape index (κ1) is 17.5. The monoisotopic (exact) mass is 343 g/mol. The van der Waals surface area contributed by atoms with Gasteiger partial charge in [0.15, 0.2) is 0 Å². The highest BCUT2D eigenvalue weighted by atomic mass is 16.5. The van der Waals surface area contributed by atoms with Crippen LogP contribution in [0.5, 0.6) is 5.75 Å². The van der Waals surface area contributed by atoms with Crippen LogP contribution in [0.1, 0.15) is 36.9 Å². The van der Waals surface area contributed by atoms with Crippen molar-refractivity contribution in [2.24, 2.45) is 0 Å². The van der Waals surface area contributed by atoms with Crippen molar-refractivity contribution in [3.05, 3.63) is 47.8 Å². The van der Waals surface area contributed by atoms with Crippen molar-refractivity contribution < 1.29 is 14.3 Å². The van der Waals surface area contributed by atoms with Crippen molar-refractivity contribution in [1.29, 1.82) is 0 Å². The fourth-order valence-corrected chi connectivity index (χ4v) is 3.24. The lowest BCUT2D eigenvalue weighted by molar-refractivity contribution is -0.144. The van der Waals surface area contributed by atoms with Crippen molar-refractivity contribution in [3.8, 4) is 5.75 Å². The van der Waals surface area contributed by atoms with Gasteiger partial charge in [0.1, 0.15) is 11.9 Å². The zero-order valence-electron chi connectivity index (χ0n) is 14.8. The number of nitrogens with zero attached hydrogens (tertiary/aromatic N) is 2. The molecule has 2 unspecified atom stereocenters. The number of methoxy groups -OCH3 is 1. The molecule has 6 nitrogen and oxygen atoms in total. The van der Waals surface area contributed by atoms with Gasteiger partial charge in [-0.15, -0.1) is 0 Å². The number of likely N-dealkylation sites (tertiary alicyclic amines) is 1. The van der Waals surface area contributed by atoms with Crippen molar-refractivity contribution in [2.75, 3.05) is 20.2 Å². The van der Waals surface area contributed by atoms with Crippen molar-refractivity contribution in [1.82, 2.24) is 15.1 Å². The molecule has 0 saturated carbocycles. The number of aromatic amines is 1. The average molecular weight is 343 g/mol. The summed E-state index contributed by atoms with van der Waals surface area (Å²) in [6.45, 7) is 3.72. The summed E-state index contributed by atoms with van der Waals surface area (Å²) in [6, 6.07) is 9.69. The number of ether oxygens (including phenoxy) is 2. The minimum Gasteiger partial charge on any atom is -0.497 e. The number of nitrogens with one attached hydrogen (secondary N) is 1. The molecule has 1 saturated heterocycles. The SMILES string of the molecule is COc1cccc(COC(C)C(=O)N2CCCC(c3ccn[nH]3)C2)c1. The Morgan fingerprint density at radius 1 is 1.44 bits per heavy atom. The van der Waals surface area contributed by atoms with Crippen molar-refractivity contribution >= 4 is 5.91 Å². The van der Waals surface area contributed by atoms with Crippen LogP contribution in [0.3, 0.4) is 0 Å². The van der Waals surface area contributed by atoms with Crippen LogP contribution < -0.4 is 4.74 Å². The van der Waals surface area contributed by atoms with E-state index in [1.165, 1.54) is 0 Å². The van der Waals surface area contributed by atoms with E-state index in [4.69, 9.17) is 9.47 Å². The largest absolute Gasteiger partial charge is 0.497 e. The molecule has 25 heavy (non-hydrogen) atoms. The van der Waals surface area contributed by atoms with E-state index < -0.39 is 6.10 Å². The van der Waals surface area contributed by atoms with Gasteiger partial charge in [-0.3, -0.25) is 9.89 Å². The third-order valence-corrected chi connectivity index (χ3v) is 4.68. The lowest BCUT2D eigenvalue weighted by atomic mass is 9.94. The summed E-state index contributed by atoms with van der Waals surface area (Å²) in [4.78, 5) is 14.6. The number of benzene rings is 1. The number of piperidine rings is 1. The highest BCUT2D eigenvalue weighted by Crippen LogP contribution is 2.26. The van der Waals surface area contributed by atoms with Gasteiger partial charge in [-0.25, -0.2) is 0 Å². The highest BCUT2D eigenvalue weighted by molar-refractivity contribution is 5.80. The lowest BCUT2D eigenvalue weighted by Crippen LogP contribution is -2.44. The van der Waals surface area contributed by atoms with Crippen LogP contribution >= 0.6 is 0 Å². The first-order valence-corrected chi connectivity index (χ1v) is 8.70. The summed E-state index contributed by atoms with van der Waals surface area (Å²) >= 11 is 0. The predicted octanol–water partition coefficient (Wildman–Crippen LogP) is 2.73. The van der Waals surface area contributed by atoms with Crippen LogP contribution in [-0.2, 0) is 16.1 Å². The summed E-state index contributed by atoms with van der Waals surface area (Å²) < 4.78 is 11.0. The van der Waals surface area contributed by atoms with Crippen molar-refractivity contribution in [2.45, 2.75) is 38.4 Å². The smallest absolute Gasteiger partial charge is 0.251 e. The lowest BCUT2D eigenvalue weighted by Gasteiger charge is -2.33. The van der Waals surface area contributed by atoms with Gasteiger partial charge in [0.2, 0.25) is 0 Å². The third kappa shape index (κ3) is 4.39. The first-order chi connectivity index (χ1) is 12.2. The molecule has 0 radical (unpaired) electrons. The average Bonchev–Trinajstić information content (AvgIpc) is 3.20. The number of hydrogen-bond acceptors (Lipinski definition) is 4. The quantitative estimate of drug-likeness (QED) is 0.876. The summed E-state index contributed by atoms with van der Waals surface area (Å²) in [6.07, 6.45) is 3.37.